The average molecular weight is 670 g/mol. The van der Waals surface area contributed by atoms with Crippen molar-refractivity contribution >= 4 is 5.97 Å². The third-order valence-corrected chi connectivity index (χ3v) is 9.52. The first-order valence-electron chi connectivity index (χ1n) is 21.0. The van der Waals surface area contributed by atoms with Crippen LogP contribution in [0.4, 0.5) is 0 Å². The van der Waals surface area contributed by atoms with Crippen LogP contribution in [0.5, 0.6) is 0 Å². The molecule has 0 saturated heterocycles. The smallest absolute Gasteiger partial charge is 0.306 e. The summed E-state index contributed by atoms with van der Waals surface area (Å²) in [6, 6.07) is 0.515. The van der Waals surface area contributed by atoms with E-state index in [0.717, 1.165) is 38.6 Å². The fourth-order valence-electron chi connectivity index (χ4n) is 5.96. The molecule has 0 saturated carbocycles. The first-order valence-corrected chi connectivity index (χ1v) is 21.0. The van der Waals surface area contributed by atoms with E-state index in [4.69, 9.17) is 4.74 Å². The lowest BCUT2D eigenvalue weighted by atomic mass is 10.0. The molecule has 0 heterocycles. The van der Waals surface area contributed by atoms with Gasteiger partial charge in [0.05, 0.1) is 0 Å². The molecule has 0 radical (unpaired) electrons. The zero-order valence-corrected chi connectivity index (χ0v) is 33.0. The summed E-state index contributed by atoms with van der Waals surface area (Å²) < 4.78 is 6.06. The highest BCUT2D eigenvalue weighted by Gasteiger charge is 2.15. The Morgan fingerprint density at radius 1 is 0.521 bits per heavy atom. The number of ether oxygens (including phenoxy) is 1. The number of esters is 1. The molecule has 0 amide bonds. The van der Waals surface area contributed by atoms with Crippen molar-refractivity contribution in [3.63, 3.8) is 0 Å². The topological polar surface area (TPSA) is 29.5 Å². The monoisotopic (exact) mass is 670 g/mol. The van der Waals surface area contributed by atoms with Gasteiger partial charge in [-0.2, -0.15) is 0 Å². The van der Waals surface area contributed by atoms with Crippen molar-refractivity contribution in [1.29, 1.82) is 0 Å². The van der Waals surface area contributed by atoms with Crippen LogP contribution in [-0.2, 0) is 9.53 Å². The number of carbonyl (C=O) groups is 1. The zero-order chi connectivity index (χ0) is 35.2. The number of unbranched alkanes of at least 4 members (excludes halogenated alkanes) is 18. The summed E-state index contributed by atoms with van der Waals surface area (Å²) in [6.07, 6.45) is 52.7. The van der Waals surface area contributed by atoms with Gasteiger partial charge in [-0.3, -0.25) is 4.79 Å². The minimum absolute atomic E-state index is 0.0113. The van der Waals surface area contributed by atoms with E-state index in [2.05, 4.69) is 88.3 Å². The van der Waals surface area contributed by atoms with Crippen LogP contribution in [0.3, 0.4) is 0 Å². The molecule has 0 aliphatic heterocycles. The molecule has 0 unspecified atom stereocenters. The molecule has 0 spiro atoms. The van der Waals surface area contributed by atoms with E-state index in [9.17, 15) is 4.79 Å². The van der Waals surface area contributed by atoms with Gasteiger partial charge < -0.3 is 9.64 Å². The number of allylic oxidation sites excluding steroid dienone is 8. The van der Waals surface area contributed by atoms with Crippen LogP contribution in [0.25, 0.3) is 0 Å². The van der Waals surface area contributed by atoms with Crippen molar-refractivity contribution in [1.82, 2.24) is 4.90 Å². The molecule has 0 aliphatic carbocycles. The summed E-state index contributed by atoms with van der Waals surface area (Å²) in [5.74, 6) is 0.0113. The molecule has 0 atom stereocenters. The Balaban J connectivity index is 4.13. The van der Waals surface area contributed by atoms with Gasteiger partial charge in [-0.05, 0) is 124 Å². The van der Waals surface area contributed by atoms with E-state index in [-0.39, 0.29) is 12.1 Å². The molecule has 0 aromatic rings. The summed E-state index contributed by atoms with van der Waals surface area (Å²) in [6.45, 7) is 9.88. The van der Waals surface area contributed by atoms with Gasteiger partial charge in [-0.25, -0.2) is 0 Å². The molecular formula is C45H83NO2. The molecule has 0 fully saturated rings. The van der Waals surface area contributed by atoms with Crippen LogP contribution in [0.15, 0.2) is 48.6 Å². The number of rotatable bonds is 36. The minimum atomic E-state index is 0.0113. The van der Waals surface area contributed by atoms with Crippen molar-refractivity contribution in [3.8, 4) is 0 Å². The van der Waals surface area contributed by atoms with Crippen LogP contribution >= 0.6 is 0 Å². The molecule has 3 nitrogen and oxygen atoms in total. The molecule has 3 heteroatoms. The Hall–Kier alpha value is -1.61. The van der Waals surface area contributed by atoms with Crippen molar-refractivity contribution in [2.75, 3.05) is 13.6 Å². The van der Waals surface area contributed by atoms with Crippen LogP contribution in [0.1, 0.15) is 207 Å². The fourth-order valence-corrected chi connectivity index (χ4v) is 5.96. The van der Waals surface area contributed by atoms with Crippen molar-refractivity contribution < 1.29 is 9.53 Å². The maximum Gasteiger partial charge on any atom is 0.306 e. The largest absolute Gasteiger partial charge is 0.462 e. The molecule has 0 N–H and O–H groups in total. The molecule has 0 aromatic heterocycles. The second kappa shape index (κ2) is 38.2. The Bertz CT molecular complexity index is 732. The number of carbonyl (C=O) groups excluding carboxylic acids is 1. The third kappa shape index (κ3) is 35.7. The van der Waals surface area contributed by atoms with Gasteiger partial charge in [0.25, 0.3) is 0 Å². The second-order valence-corrected chi connectivity index (χ2v) is 14.5. The van der Waals surface area contributed by atoms with E-state index in [1.807, 2.05) is 0 Å². The van der Waals surface area contributed by atoms with E-state index in [1.54, 1.807) is 0 Å². The summed E-state index contributed by atoms with van der Waals surface area (Å²) in [5, 5.41) is 0. The predicted molar refractivity (Wildman–Crippen MR) is 215 cm³/mol. The lowest BCUT2D eigenvalue weighted by molar-refractivity contribution is -0.150. The first kappa shape index (κ1) is 46.4. The molecule has 0 aliphatic rings. The van der Waals surface area contributed by atoms with E-state index < -0.39 is 0 Å². The van der Waals surface area contributed by atoms with Gasteiger partial charge in [-0.15, -0.1) is 0 Å². The Morgan fingerprint density at radius 3 is 1.29 bits per heavy atom. The molecule has 0 bridgehead atoms. The Kier molecular flexibility index (Phi) is 36.9. The molecular weight excluding hydrogens is 587 g/mol. The normalized spacial score (nSPS) is 12.5. The van der Waals surface area contributed by atoms with Gasteiger partial charge in [-0.1, -0.05) is 140 Å². The van der Waals surface area contributed by atoms with E-state index >= 15 is 0 Å². The predicted octanol–water partition coefficient (Wildman–Crippen LogP) is 14.4. The highest BCUT2D eigenvalue weighted by molar-refractivity contribution is 5.69. The fraction of sp³-hybridized carbons (Fsp3) is 0.800. The maximum absolute atomic E-state index is 12.7. The lowest BCUT2D eigenvalue weighted by Gasteiger charge is -2.21. The number of hydrogen-bond donors (Lipinski definition) is 0. The van der Waals surface area contributed by atoms with Crippen molar-refractivity contribution in [3.05, 3.63) is 48.6 Å². The van der Waals surface area contributed by atoms with Crippen LogP contribution in [0, 0.1) is 0 Å². The standard InChI is InChI=1S/C45H83NO2/c1-6-8-10-12-14-16-18-20-22-24-26-28-30-32-34-36-39-44(48-45(47)41-38-42-46(5)43(3)4)40-37-35-33-31-29-27-25-23-21-19-17-15-13-11-9-7-2/h14-17,20-23,43-44H,6-13,18-19,24-42H2,1-5H3/b16-14-,17-15-,22-20-,23-21-. The first-order chi connectivity index (χ1) is 23.5. The second-order valence-electron chi connectivity index (χ2n) is 14.5. The van der Waals surface area contributed by atoms with Gasteiger partial charge in [0.1, 0.15) is 6.10 Å². The van der Waals surface area contributed by atoms with Gasteiger partial charge in [0.2, 0.25) is 0 Å². The van der Waals surface area contributed by atoms with E-state index in [1.165, 1.54) is 141 Å². The molecule has 0 aromatic carbocycles. The molecule has 280 valence electrons. The highest BCUT2D eigenvalue weighted by Crippen LogP contribution is 2.18. The Labute approximate surface area is 301 Å². The van der Waals surface area contributed by atoms with Crippen LogP contribution in [-0.4, -0.2) is 36.6 Å². The van der Waals surface area contributed by atoms with Gasteiger partial charge in [0.15, 0.2) is 0 Å². The summed E-state index contributed by atoms with van der Waals surface area (Å²) in [7, 11) is 2.13. The average Bonchev–Trinajstić information content (AvgIpc) is 3.07. The van der Waals surface area contributed by atoms with Gasteiger partial charge >= 0.3 is 5.97 Å². The van der Waals surface area contributed by atoms with Crippen LogP contribution in [0.2, 0.25) is 0 Å². The maximum atomic E-state index is 12.7. The highest BCUT2D eigenvalue weighted by atomic mass is 16.5. The molecule has 48 heavy (non-hydrogen) atoms. The molecule has 0 rings (SSSR count). The lowest BCUT2D eigenvalue weighted by Crippen LogP contribution is -2.28. The Morgan fingerprint density at radius 2 is 0.896 bits per heavy atom. The van der Waals surface area contributed by atoms with Crippen LogP contribution < -0.4 is 0 Å². The van der Waals surface area contributed by atoms with Crippen molar-refractivity contribution in [2.45, 2.75) is 220 Å². The van der Waals surface area contributed by atoms with Crippen molar-refractivity contribution in [2.24, 2.45) is 0 Å². The quantitative estimate of drug-likeness (QED) is 0.0378. The number of nitrogens with zero attached hydrogens (tertiary/aromatic N) is 1. The number of hydrogen-bond acceptors (Lipinski definition) is 3. The minimum Gasteiger partial charge on any atom is -0.462 e. The summed E-state index contributed by atoms with van der Waals surface area (Å²) >= 11 is 0. The SMILES string of the molecule is CCCCC/C=C\C/C=C\CCCCCCCCC(CCCCCCCC/C=C\C/C=C\CCCCC)OC(=O)CCCN(C)C(C)C. The summed E-state index contributed by atoms with van der Waals surface area (Å²) in [5.41, 5.74) is 0. The third-order valence-electron chi connectivity index (χ3n) is 9.52. The summed E-state index contributed by atoms with van der Waals surface area (Å²) in [4.78, 5) is 15.0. The van der Waals surface area contributed by atoms with Gasteiger partial charge in [0, 0.05) is 12.5 Å². The zero-order valence-electron chi connectivity index (χ0n) is 33.0. The van der Waals surface area contributed by atoms with E-state index in [0.29, 0.717) is 12.5 Å².